The number of carbonyl (C=O) groups excluding carboxylic acids is 1. The second-order valence-corrected chi connectivity index (χ2v) is 8.35. The SMILES string of the molecule is CN(C)C=C1CN(S(=O)(=O)c2ccc(Cl)cc2)c2cccc(F)c2C1=O. The lowest BCUT2D eigenvalue weighted by Crippen LogP contribution is -2.39. The summed E-state index contributed by atoms with van der Waals surface area (Å²) in [7, 11) is -0.598. The molecule has 0 atom stereocenters. The zero-order chi connectivity index (χ0) is 19.1. The maximum atomic E-state index is 14.3. The second kappa shape index (κ2) is 6.74. The van der Waals surface area contributed by atoms with Crippen LogP contribution in [-0.4, -0.2) is 39.7 Å². The molecule has 136 valence electrons. The van der Waals surface area contributed by atoms with E-state index in [0.717, 1.165) is 10.4 Å². The van der Waals surface area contributed by atoms with Crippen molar-refractivity contribution in [3.05, 3.63) is 70.6 Å². The van der Waals surface area contributed by atoms with Crippen molar-refractivity contribution < 1.29 is 17.6 Å². The molecular weight excluding hydrogens is 379 g/mol. The van der Waals surface area contributed by atoms with Crippen LogP contribution in [0.4, 0.5) is 10.1 Å². The van der Waals surface area contributed by atoms with E-state index in [9.17, 15) is 17.6 Å². The first-order chi connectivity index (χ1) is 12.2. The third kappa shape index (κ3) is 3.20. The maximum Gasteiger partial charge on any atom is 0.264 e. The summed E-state index contributed by atoms with van der Waals surface area (Å²) < 4.78 is 41.6. The molecule has 3 rings (SSSR count). The number of fused-ring (bicyclic) bond motifs is 1. The molecule has 1 aliphatic rings. The Morgan fingerprint density at radius 2 is 1.81 bits per heavy atom. The van der Waals surface area contributed by atoms with E-state index in [4.69, 9.17) is 11.6 Å². The summed E-state index contributed by atoms with van der Waals surface area (Å²) in [6.07, 6.45) is 1.50. The number of nitrogens with zero attached hydrogens (tertiary/aromatic N) is 2. The van der Waals surface area contributed by atoms with E-state index in [0.29, 0.717) is 5.02 Å². The van der Waals surface area contributed by atoms with Crippen molar-refractivity contribution >= 4 is 33.1 Å². The van der Waals surface area contributed by atoms with Crippen LogP contribution in [0.2, 0.25) is 5.02 Å². The van der Waals surface area contributed by atoms with E-state index in [2.05, 4.69) is 0 Å². The van der Waals surface area contributed by atoms with Crippen molar-refractivity contribution in [1.82, 2.24) is 4.90 Å². The van der Waals surface area contributed by atoms with Gasteiger partial charge in [0, 0.05) is 30.9 Å². The van der Waals surface area contributed by atoms with Crippen molar-refractivity contribution in [3.63, 3.8) is 0 Å². The van der Waals surface area contributed by atoms with Crippen molar-refractivity contribution in [3.8, 4) is 0 Å². The molecule has 0 spiro atoms. The molecular formula is C18H16ClFN2O3S. The number of ketones is 1. The predicted molar refractivity (Wildman–Crippen MR) is 98.5 cm³/mol. The Morgan fingerprint density at radius 1 is 1.15 bits per heavy atom. The smallest absolute Gasteiger partial charge is 0.264 e. The number of Topliss-reactive ketones (excluding diaryl/α,β-unsaturated/α-hetero) is 1. The summed E-state index contributed by atoms with van der Waals surface area (Å²) in [6, 6.07) is 9.63. The largest absolute Gasteiger partial charge is 0.383 e. The highest BCUT2D eigenvalue weighted by Crippen LogP contribution is 2.35. The van der Waals surface area contributed by atoms with E-state index >= 15 is 0 Å². The Bertz CT molecular complexity index is 1000. The van der Waals surface area contributed by atoms with Gasteiger partial charge >= 0.3 is 0 Å². The molecule has 1 aliphatic heterocycles. The van der Waals surface area contributed by atoms with Crippen LogP contribution >= 0.6 is 11.6 Å². The van der Waals surface area contributed by atoms with Gasteiger partial charge in [0.25, 0.3) is 10.0 Å². The van der Waals surface area contributed by atoms with Crippen LogP contribution in [0.25, 0.3) is 0 Å². The first kappa shape index (κ1) is 18.4. The molecule has 2 aromatic rings. The lowest BCUT2D eigenvalue weighted by atomic mass is 9.97. The molecule has 1 heterocycles. The lowest BCUT2D eigenvalue weighted by molar-refractivity contribution is 0.102. The molecule has 0 radical (unpaired) electrons. The fraction of sp³-hybridized carbons (Fsp3) is 0.167. The Labute approximate surface area is 156 Å². The van der Waals surface area contributed by atoms with Crippen LogP contribution in [-0.2, 0) is 10.0 Å². The van der Waals surface area contributed by atoms with E-state index in [1.807, 2.05) is 0 Å². The molecule has 5 nitrogen and oxygen atoms in total. The Hall–Kier alpha value is -2.38. The van der Waals surface area contributed by atoms with Crippen molar-refractivity contribution in [2.24, 2.45) is 0 Å². The van der Waals surface area contributed by atoms with Crippen LogP contribution in [0.5, 0.6) is 0 Å². The molecule has 0 aliphatic carbocycles. The molecule has 0 N–H and O–H groups in total. The Morgan fingerprint density at radius 3 is 2.42 bits per heavy atom. The zero-order valence-corrected chi connectivity index (χ0v) is 15.7. The van der Waals surface area contributed by atoms with Crippen LogP contribution in [0.15, 0.2) is 59.1 Å². The maximum absolute atomic E-state index is 14.3. The minimum Gasteiger partial charge on any atom is -0.383 e. The van der Waals surface area contributed by atoms with Crippen molar-refractivity contribution in [1.29, 1.82) is 0 Å². The fourth-order valence-corrected chi connectivity index (χ4v) is 4.36. The predicted octanol–water partition coefficient (Wildman–Crippen LogP) is 3.32. The van der Waals surface area contributed by atoms with E-state index < -0.39 is 21.6 Å². The zero-order valence-electron chi connectivity index (χ0n) is 14.1. The molecule has 0 unspecified atom stereocenters. The number of anilines is 1. The number of carbonyl (C=O) groups is 1. The van der Waals surface area contributed by atoms with Crippen molar-refractivity contribution in [2.45, 2.75) is 4.90 Å². The number of sulfonamides is 1. The molecule has 0 bridgehead atoms. The van der Waals surface area contributed by atoms with Gasteiger partial charge in [0.2, 0.25) is 0 Å². The van der Waals surface area contributed by atoms with Crippen LogP contribution in [0.1, 0.15) is 10.4 Å². The van der Waals surface area contributed by atoms with E-state index in [-0.39, 0.29) is 28.3 Å². The number of halogens is 2. The Balaban J connectivity index is 2.21. The van der Waals surface area contributed by atoms with Gasteiger partial charge in [-0.05, 0) is 36.4 Å². The highest BCUT2D eigenvalue weighted by molar-refractivity contribution is 7.92. The summed E-state index contributed by atoms with van der Waals surface area (Å²) in [5, 5.41) is 0.400. The standard InChI is InChI=1S/C18H16ClFN2O3S/c1-21(2)10-12-11-22(16-5-3-4-15(20)17(16)18(12)23)26(24,25)14-8-6-13(19)7-9-14/h3-10H,11H2,1-2H3. The first-order valence-electron chi connectivity index (χ1n) is 7.70. The summed E-state index contributed by atoms with van der Waals surface area (Å²) in [6.45, 7) is -0.182. The quantitative estimate of drug-likeness (QED) is 0.749. The van der Waals surface area contributed by atoms with E-state index in [1.54, 1.807) is 19.0 Å². The van der Waals surface area contributed by atoms with E-state index in [1.165, 1.54) is 42.6 Å². The fourth-order valence-electron chi connectivity index (χ4n) is 2.78. The third-order valence-corrected chi connectivity index (χ3v) is 5.93. The van der Waals surface area contributed by atoms with Gasteiger partial charge in [-0.1, -0.05) is 17.7 Å². The molecule has 0 aromatic heterocycles. The highest BCUT2D eigenvalue weighted by Gasteiger charge is 2.36. The molecule has 0 fully saturated rings. The van der Waals surface area contributed by atoms with Gasteiger partial charge < -0.3 is 4.90 Å². The van der Waals surface area contributed by atoms with Crippen molar-refractivity contribution in [2.75, 3.05) is 24.9 Å². The van der Waals surface area contributed by atoms with Gasteiger partial charge in [-0.25, -0.2) is 12.8 Å². The minimum atomic E-state index is -4.00. The van der Waals surface area contributed by atoms with Crippen LogP contribution < -0.4 is 4.31 Å². The second-order valence-electron chi connectivity index (χ2n) is 6.05. The van der Waals surface area contributed by atoms with Crippen LogP contribution in [0, 0.1) is 5.82 Å². The number of benzene rings is 2. The number of hydrogen-bond acceptors (Lipinski definition) is 4. The first-order valence-corrected chi connectivity index (χ1v) is 9.52. The van der Waals surface area contributed by atoms with Gasteiger partial charge in [-0.3, -0.25) is 9.10 Å². The average Bonchev–Trinajstić information content (AvgIpc) is 2.57. The molecule has 0 saturated carbocycles. The van der Waals surface area contributed by atoms with Gasteiger partial charge in [0.1, 0.15) is 5.82 Å². The normalized spacial score (nSPS) is 15.9. The van der Waals surface area contributed by atoms with Gasteiger partial charge in [-0.15, -0.1) is 0 Å². The third-order valence-electron chi connectivity index (χ3n) is 3.91. The molecule has 2 aromatic carbocycles. The molecule has 0 amide bonds. The monoisotopic (exact) mass is 394 g/mol. The minimum absolute atomic E-state index is 0.00987. The lowest BCUT2D eigenvalue weighted by Gasteiger charge is -2.31. The van der Waals surface area contributed by atoms with Gasteiger partial charge in [0.05, 0.1) is 22.7 Å². The number of rotatable bonds is 3. The molecule has 0 saturated heterocycles. The summed E-state index contributed by atoms with van der Waals surface area (Å²) in [5.74, 6) is -1.28. The topological polar surface area (TPSA) is 57.7 Å². The molecule has 8 heteroatoms. The van der Waals surface area contributed by atoms with Crippen LogP contribution in [0.3, 0.4) is 0 Å². The average molecular weight is 395 g/mol. The van der Waals surface area contributed by atoms with Gasteiger partial charge in [0.15, 0.2) is 5.78 Å². The summed E-state index contributed by atoms with van der Waals surface area (Å²) in [5.41, 5.74) is -0.0321. The summed E-state index contributed by atoms with van der Waals surface area (Å²) >= 11 is 5.83. The molecule has 26 heavy (non-hydrogen) atoms. The highest BCUT2D eigenvalue weighted by atomic mass is 35.5. The number of hydrogen-bond donors (Lipinski definition) is 0. The van der Waals surface area contributed by atoms with Gasteiger partial charge in [-0.2, -0.15) is 0 Å². The Kier molecular flexibility index (Phi) is 4.77. The summed E-state index contributed by atoms with van der Waals surface area (Å²) in [4.78, 5) is 14.3.